The summed E-state index contributed by atoms with van der Waals surface area (Å²) >= 11 is 0. The van der Waals surface area contributed by atoms with Crippen molar-refractivity contribution < 1.29 is 5.11 Å². The molecule has 31 heavy (non-hydrogen) atoms. The maximum atomic E-state index is 11.0. The molecular weight excluding hydrogens is 376 g/mol. The van der Waals surface area contributed by atoms with Crippen LogP contribution in [0, 0.1) is 0 Å². The molecule has 0 saturated carbocycles. The lowest BCUT2D eigenvalue weighted by Crippen LogP contribution is -2.12. The van der Waals surface area contributed by atoms with E-state index in [0.29, 0.717) is 5.75 Å². The van der Waals surface area contributed by atoms with E-state index in [9.17, 15) is 5.11 Å². The molecule has 0 heterocycles. The lowest BCUT2D eigenvalue weighted by Gasteiger charge is -2.22. The molecule has 1 rings (SSSR count). The molecule has 0 radical (unpaired) electrons. The molecule has 0 aliphatic carbocycles. The Bertz CT molecular complexity index is 525. The van der Waals surface area contributed by atoms with Crippen molar-refractivity contribution in [2.75, 3.05) is 0 Å². The third-order valence-electron chi connectivity index (χ3n) is 6.73. The van der Waals surface area contributed by atoms with Crippen LogP contribution in [-0.2, 0) is 18.3 Å². The molecule has 180 valence electrons. The van der Waals surface area contributed by atoms with Gasteiger partial charge < -0.3 is 5.11 Å². The molecule has 0 aromatic heterocycles. The van der Waals surface area contributed by atoms with E-state index in [1.165, 1.54) is 119 Å². The van der Waals surface area contributed by atoms with Crippen LogP contribution in [-0.4, -0.2) is 5.11 Å². The van der Waals surface area contributed by atoms with E-state index in [4.69, 9.17) is 0 Å². The Morgan fingerprint density at radius 1 is 0.548 bits per heavy atom. The van der Waals surface area contributed by atoms with Gasteiger partial charge in [0.15, 0.2) is 0 Å². The van der Waals surface area contributed by atoms with Gasteiger partial charge in [0.1, 0.15) is 5.75 Å². The molecule has 0 saturated heterocycles. The number of aryl methyl sites for hydroxylation is 2. The van der Waals surface area contributed by atoms with Gasteiger partial charge in [0.05, 0.1) is 0 Å². The normalized spacial score (nSPS) is 11.9. The Kier molecular flexibility index (Phi) is 15.0. The SMILES string of the molecule is CCCCCCCCCCc1cc(C(C)(C)C)cc(CCCCCCCCCC)c1O. The van der Waals surface area contributed by atoms with Crippen LogP contribution in [0.5, 0.6) is 5.75 Å². The smallest absolute Gasteiger partial charge is 0.121 e. The minimum absolute atomic E-state index is 0.135. The van der Waals surface area contributed by atoms with Crippen molar-refractivity contribution in [3.63, 3.8) is 0 Å². The highest BCUT2D eigenvalue weighted by molar-refractivity contribution is 5.46. The monoisotopic (exact) mass is 430 g/mol. The van der Waals surface area contributed by atoms with Gasteiger partial charge >= 0.3 is 0 Å². The average Bonchev–Trinajstić information content (AvgIpc) is 2.73. The van der Waals surface area contributed by atoms with Gasteiger partial charge in [0.2, 0.25) is 0 Å². The quantitative estimate of drug-likeness (QED) is 0.230. The molecule has 1 N–H and O–H groups in total. The second-order valence-electron chi connectivity index (χ2n) is 10.8. The predicted molar refractivity (Wildman–Crippen MR) is 139 cm³/mol. The van der Waals surface area contributed by atoms with E-state index < -0.39 is 0 Å². The molecule has 1 heteroatoms. The molecular formula is C30H54O. The number of aromatic hydroxyl groups is 1. The molecule has 0 fully saturated rings. The summed E-state index contributed by atoms with van der Waals surface area (Å²) in [6.07, 6.45) is 23.4. The van der Waals surface area contributed by atoms with Crippen molar-refractivity contribution in [3.8, 4) is 5.75 Å². The van der Waals surface area contributed by atoms with Crippen molar-refractivity contribution in [2.24, 2.45) is 0 Å². The highest BCUT2D eigenvalue weighted by Crippen LogP contribution is 2.33. The van der Waals surface area contributed by atoms with E-state index in [0.717, 1.165) is 12.8 Å². The van der Waals surface area contributed by atoms with Crippen molar-refractivity contribution in [3.05, 3.63) is 28.8 Å². The molecule has 0 aliphatic rings. The summed E-state index contributed by atoms with van der Waals surface area (Å²) in [7, 11) is 0. The Hall–Kier alpha value is -0.980. The van der Waals surface area contributed by atoms with Crippen LogP contribution in [0.3, 0.4) is 0 Å². The average molecular weight is 431 g/mol. The molecule has 0 atom stereocenters. The van der Waals surface area contributed by atoms with Crippen LogP contribution in [0.15, 0.2) is 12.1 Å². The maximum Gasteiger partial charge on any atom is 0.121 e. The van der Waals surface area contributed by atoms with Gasteiger partial charge in [-0.05, 0) is 47.8 Å². The maximum absolute atomic E-state index is 11.0. The van der Waals surface area contributed by atoms with E-state index in [1.54, 1.807) is 0 Å². The molecule has 0 unspecified atom stereocenters. The molecule has 0 amide bonds. The zero-order valence-corrected chi connectivity index (χ0v) is 21.8. The van der Waals surface area contributed by atoms with Gasteiger partial charge in [-0.25, -0.2) is 0 Å². The van der Waals surface area contributed by atoms with Gasteiger partial charge in [0.25, 0.3) is 0 Å². The van der Waals surface area contributed by atoms with E-state index in [-0.39, 0.29) is 5.41 Å². The van der Waals surface area contributed by atoms with Crippen molar-refractivity contribution in [1.29, 1.82) is 0 Å². The fourth-order valence-corrected chi connectivity index (χ4v) is 4.47. The number of phenols is 1. The highest BCUT2D eigenvalue weighted by atomic mass is 16.3. The lowest BCUT2D eigenvalue weighted by atomic mass is 9.83. The van der Waals surface area contributed by atoms with E-state index in [2.05, 4.69) is 46.8 Å². The number of unbranched alkanes of at least 4 members (excludes halogenated alkanes) is 14. The van der Waals surface area contributed by atoms with Gasteiger partial charge in [0, 0.05) is 0 Å². The summed E-state index contributed by atoms with van der Waals surface area (Å²) in [4.78, 5) is 0. The van der Waals surface area contributed by atoms with Gasteiger partial charge in [-0.3, -0.25) is 0 Å². The fraction of sp³-hybridized carbons (Fsp3) is 0.800. The summed E-state index contributed by atoms with van der Waals surface area (Å²) in [6, 6.07) is 4.57. The zero-order valence-electron chi connectivity index (χ0n) is 21.8. The van der Waals surface area contributed by atoms with Crippen molar-refractivity contribution in [2.45, 2.75) is 156 Å². The molecule has 0 aliphatic heterocycles. The minimum Gasteiger partial charge on any atom is -0.507 e. The first kappa shape index (κ1) is 28.1. The Morgan fingerprint density at radius 2 is 0.871 bits per heavy atom. The van der Waals surface area contributed by atoms with Crippen molar-refractivity contribution >= 4 is 0 Å². The van der Waals surface area contributed by atoms with Crippen LogP contribution in [0.4, 0.5) is 0 Å². The summed E-state index contributed by atoms with van der Waals surface area (Å²) in [5.74, 6) is 0.596. The first-order valence-electron chi connectivity index (χ1n) is 13.7. The zero-order chi connectivity index (χ0) is 23.0. The van der Waals surface area contributed by atoms with Crippen LogP contribution in [0.1, 0.15) is 154 Å². The van der Waals surface area contributed by atoms with Gasteiger partial charge in [-0.15, -0.1) is 0 Å². The number of hydrogen-bond donors (Lipinski definition) is 1. The minimum atomic E-state index is 0.135. The summed E-state index contributed by atoms with van der Waals surface area (Å²) in [5, 5.41) is 11.0. The van der Waals surface area contributed by atoms with Crippen LogP contribution >= 0.6 is 0 Å². The Morgan fingerprint density at radius 3 is 1.19 bits per heavy atom. The summed E-state index contributed by atoms with van der Waals surface area (Å²) in [6.45, 7) is 11.4. The van der Waals surface area contributed by atoms with E-state index in [1.807, 2.05) is 0 Å². The number of rotatable bonds is 18. The van der Waals surface area contributed by atoms with Crippen LogP contribution < -0.4 is 0 Å². The van der Waals surface area contributed by atoms with Gasteiger partial charge in [-0.1, -0.05) is 137 Å². The summed E-state index contributed by atoms with van der Waals surface area (Å²) < 4.78 is 0. The lowest BCUT2D eigenvalue weighted by molar-refractivity contribution is 0.454. The molecule has 1 nitrogen and oxygen atoms in total. The van der Waals surface area contributed by atoms with E-state index >= 15 is 0 Å². The molecule has 1 aromatic rings. The number of hydrogen-bond acceptors (Lipinski definition) is 1. The predicted octanol–water partition coefficient (Wildman–Crippen LogP) is 10.1. The number of benzene rings is 1. The second-order valence-corrected chi connectivity index (χ2v) is 10.8. The van der Waals surface area contributed by atoms with Crippen molar-refractivity contribution in [1.82, 2.24) is 0 Å². The molecule has 1 aromatic carbocycles. The summed E-state index contributed by atoms with van der Waals surface area (Å²) in [5.41, 5.74) is 3.89. The van der Waals surface area contributed by atoms with Gasteiger partial charge in [-0.2, -0.15) is 0 Å². The Balaban J connectivity index is 2.52. The fourth-order valence-electron chi connectivity index (χ4n) is 4.47. The van der Waals surface area contributed by atoms with Crippen LogP contribution in [0.25, 0.3) is 0 Å². The Labute approximate surface area is 195 Å². The third kappa shape index (κ3) is 12.6. The highest BCUT2D eigenvalue weighted by Gasteiger charge is 2.18. The largest absolute Gasteiger partial charge is 0.507 e. The first-order valence-corrected chi connectivity index (χ1v) is 13.7. The first-order chi connectivity index (χ1) is 14.9. The second kappa shape index (κ2) is 16.6. The topological polar surface area (TPSA) is 20.2 Å². The molecule has 0 spiro atoms. The molecule has 0 bridgehead atoms. The third-order valence-corrected chi connectivity index (χ3v) is 6.73. The number of phenolic OH excluding ortho intramolecular Hbond substituents is 1. The van der Waals surface area contributed by atoms with Crippen LogP contribution in [0.2, 0.25) is 0 Å². The standard InChI is InChI=1S/C30H54O/c1-6-8-10-12-14-16-18-20-22-26-24-28(30(3,4)5)25-27(29(26)31)23-21-19-17-15-13-11-9-7-2/h24-25,31H,6-23H2,1-5H3.